The number of nitrogens with two attached hydrogens (primary N) is 1. The normalized spacial score (nSPS) is 23.5. The number of nitrogens with zero attached hydrogens (tertiary/aromatic N) is 5. The van der Waals surface area contributed by atoms with E-state index in [1.54, 1.807) is 0 Å². The molecule has 2 N–H and O–H groups in total. The molecule has 2 aromatic rings. The highest BCUT2D eigenvalue weighted by atomic mass is 15.3. The molecule has 2 aromatic heterocycles. The fourth-order valence-electron chi connectivity index (χ4n) is 4.06. The molecule has 1 aliphatic carbocycles. The van der Waals surface area contributed by atoms with Gasteiger partial charge in [-0.25, -0.2) is 9.97 Å². The van der Waals surface area contributed by atoms with Crippen molar-refractivity contribution in [3.05, 3.63) is 41.6 Å². The summed E-state index contributed by atoms with van der Waals surface area (Å²) in [5, 5.41) is 0. The molecular weight excluding hydrogens is 324 g/mol. The van der Waals surface area contributed by atoms with E-state index in [1.807, 2.05) is 19.3 Å². The lowest BCUT2D eigenvalue weighted by Crippen LogP contribution is -2.35. The topological polar surface area (TPSA) is 71.2 Å². The second-order valence-electron chi connectivity index (χ2n) is 7.62. The third-order valence-corrected chi connectivity index (χ3v) is 5.59. The maximum Gasteiger partial charge on any atom is 0.132 e. The molecule has 6 nitrogen and oxygen atoms in total. The van der Waals surface area contributed by atoms with Gasteiger partial charge in [0.15, 0.2) is 0 Å². The van der Waals surface area contributed by atoms with E-state index < -0.39 is 0 Å². The number of rotatable bonds is 3. The second-order valence-corrected chi connectivity index (χ2v) is 7.62. The van der Waals surface area contributed by atoms with Gasteiger partial charge in [-0.1, -0.05) is 0 Å². The van der Waals surface area contributed by atoms with Crippen LogP contribution >= 0.6 is 0 Å². The zero-order valence-electron chi connectivity index (χ0n) is 15.7. The molecule has 138 valence electrons. The number of aromatic nitrogens is 3. The van der Waals surface area contributed by atoms with Crippen LogP contribution in [0.1, 0.15) is 42.3 Å². The van der Waals surface area contributed by atoms with Gasteiger partial charge in [-0.15, -0.1) is 0 Å². The number of hydrogen-bond acceptors (Lipinski definition) is 6. The summed E-state index contributed by atoms with van der Waals surface area (Å²) in [4.78, 5) is 18.5. The lowest BCUT2D eigenvalue weighted by atomic mass is 9.78. The van der Waals surface area contributed by atoms with E-state index in [4.69, 9.17) is 10.7 Å². The Labute approximate surface area is 155 Å². The molecule has 6 heteroatoms. The summed E-state index contributed by atoms with van der Waals surface area (Å²) in [5.41, 5.74) is 9.67. The van der Waals surface area contributed by atoms with Crippen LogP contribution in [0.15, 0.2) is 24.5 Å². The molecule has 0 bridgehead atoms. The fraction of sp³-hybridized carbons (Fsp3) is 0.550. The Hall–Kier alpha value is -2.21. The summed E-state index contributed by atoms with van der Waals surface area (Å²) in [6.07, 6.45) is 7.04. The predicted molar refractivity (Wildman–Crippen MR) is 105 cm³/mol. The summed E-state index contributed by atoms with van der Waals surface area (Å²) < 4.78 is 0. The van der Waals surface area contributed by atoms with E-state index in [0.29, 0.717) is 12.0 Å². The van der Waals surface area contributed by atoms with Gasteiger partial charge in [-0.3, -0.25) is 4.98 Å². The molecule has 3 heterocycles. The molecular formula is C20H28N6. The third kappa shape index (κ3) is 3.51. The first-order valence-corrected chi connectivity index (χ1v) is 9.62. The Morgan fingerprint density at radius 2 is 1.81 bits per heavy atom. The van der Waals surface area contributed by atoms with E-state index >= 15 is 0 Å². The number of hydrogen-bond donors (Lipinski definition) is 1. The van der Waals surface area contributed by atoms with Gasteiger partial charge in [0.25, 0.3) is 0 Å². The van der Waals surface area contributed by atoms with Crippen LogP contribution in [-0.4, -0.2) is 47.2 Å². The Bertz CT molecular complexity index is 771. The maximum absolute atomic E-state index is 5.96. The maximum atomic E-state index is 5.96. The predicted octanol–water partition coefficient (Wildman–Crippen LogP) is 2.41. The summed E-state index contributed by atoms with van der Waals surface area (Å²) in [7, 11) is 0. The van der Waals surface area contributed by atoms with E-state index in [2.05, 4.69) is 38.8 Å². The van der Waals surface area contributed by atoms with Crippen LogP contribution in [-0.2, 0) is 0 Å². The first-order chi connectivity index (χ1) is 12.6. The van der Waals surface area contributed by atoms with E-state index in [-0.39, 0.29) is 0 Å². The Morgan fingerprint density at radius 1 is 1.04 bits per heavy atom. The van der Waals surface area contributed by atoms with Crippen molar-refractivity contribution in [3.8, 4) is 0 Å². The van der Waals surface area contributed by atoms with Crippen LogP contribution in [0.5, 0.6) is 0 Å². The number of pyridine rings is 1. The van der Waals surface area contributed by atoms with Crippen molar-refractivity contribution in [2.24, 2.45) is 5.73 Å². The van der Waals surface area contributed by atoms with Crippen molar-refractivity contribution < 1.29 is 0 Å². The standard InChI is InChI=1S/C20H28N6/c1-14-13-22-5-4-19(14)25-6-3-7-26(9-8-25)20-12-18(23-15(2)24-20)16-10-17(21)11-16/h4-5,12-13,16-17H,3,6-11,21H2,1-2H3. The number of anilines is 2. The zero-order chi connectivity index (χ0) is 18.1. The molecule has 1 saturated heterocycles. The first kappa shape index (κ1) is 17.2. The molecule has 1 aliphatic heterocycles. The second kappa shape index (κ2) is 7.19. The minimum absolute atomic E-state index is 0.342. The Morgan fingerprint density at radius 3 is 2.58 bits per heavy atom. The monoisotopic (exact) mass is 352 g/mol. The van der Waals surface area contributed by atoms with Crippen molar-refractivity contribution >= 4 is 11.5 Å². The average Bonchev–Trinajstić information content (AvgIpc) is 2.85. The van der Waals surface area contributed by atoms with E-state index in [9.17, 15) is 0 Å². The molecule has 0 amide bonds. The summed E-state index contributed by atoms with van der Waals surface area (Å²) in [5.74, 6) is 2.44. The highest BCUT2D eigenvalue weighted by Crippen LogP contribution is 2.35. The van der Waals surface area contributed by atoms with Gasteiger partial charge in [0.2, 0.25) is 0 Å². The largest absolute Gasteiger partial charge is 0.369 e. The zero-order valence-corrected chi connectivity index (χ0v) is 15.7. The van der Waals surface area contributed by atoms with Gasteiger partial charge in [-0.05, 0) is 44.7 Å². The molecule has 26 heavy (non-hydrogen) atoms. The van der Waals surface area contributed by atoms with Crippen LogP contribution in [0.3, 0.4) is 0 Å². The molecule has 0 unspecified atom stereocenters. The van der Waals surface area contributed by atoms with E-state index in [1.165, 1.54) is 16.9 Å². The van der Waals surface area contributed by atoms with Gasteiger partial charge in [0.1, 0.15) is 11.6 Å². The average molecular weight is 352 g/mol. The quantitative estimate of drug-likeness (QED) is 0.915. The SMILES string of the molecule is Cc1nc(C2CC(N)C2)cc(N2CCCN(c3ccncc3C)CC2)n1. The lowest BCUT2D eigenvalue weighted by Gasteiger charge is -2.32. The minimum Gasteiger partial charge on any atom is -0.369 e. The number of aryl methyl sites for hydroxylation is 2. The first-order valence-electron chi connectivity index (χ1n) is 9.62. The lowest BCUT2D eigenvalue weighted by molar-refractivity contribution is 0.344. The van der Waals surface area contributed by atoms with Crippen LogP contribution in [0.2, 0.25) is 0 Å². The molecule has 0 aromatic carbocycles. The third-order valence-electron chi connectivity index (χ3n) is 5.59. The van der Waals surface area contributed by atoms with Gasteiger partial charge in [0, 0.05) is 68.0 Å². The van der Waals surface area contributed by atoms with Crippen LogP contribution in [0.4, 0.5) is 11.5 Å². The highest BCUT2D eigenvalue weighted by Gasteiger charge is 2.29. The molecule has 0 spiro atoms. The summed E-state index contributed by atoms with van der Waals surface area (Å²) >= 11 is 0. The van der Waals surface area contributed by atoms with Crippen molar-refractivity contribution in [3.63, 3.8) is 0 Å². The molecule has 2 fully saturated rings. The molecule has 0 atom stereocenters. The highest BCUT2D eigenvalue weighted by molar-refractivity contribution is 5.52. The molecule has 2 aliphatic rings. The van der Waals surface area contributed by atoms with Crippen LogP contribution in [0, 0.1) is 13.8 Å². The molecule has 1 saturated carbocycles. The van der Waals surface area contributed by atoms with Crippen molar-refractivity contribution in [2.45, 2.75) is 45.1 Å². The molecule has 0 radical (unpaired) electrons. The summed E-state index contributed by atoms with van der Waals surface area (Å²) in [6, 6.07) is 4.66. The van der Waals surface area contributed by atoms with E-state index in [0.717, 1.165) is 57.1 Å². The minimum atomic E-state index is 0.342. The van der Waals surface area contributed by atoms with Gasteiger partial charge < -0.3 is 15.5 Å². The van der Waals surface area contributed by atoms with Crippen LogP contribution in [0.25, 0.3) is 0 Å². The smallest absolute Gasteiger partial charge is 0.132 e. The fourth-order valence-corrected chi connectivity index (χ4v) is 4.06. The van der Waals surface area contributed by atoms with Crippen LogP contribution < -0.4 is 15.5 Å². The van der Waals surface area contributed by atoms with Crippen molar-refractivity contribution in [1.82, 2.24) is 15.0 Å². The van der Waals surface area contributed by atoms with Crippen molar-refractivity contribution in [2.75, 3.05) is 36.0 Å². The summed E-state index contributed by atoms with van der Waals surface area (Å²) in [6.45, 7) is 8.19. The van der Waals surface area contributed by atoms with Gasteiger partial charge in [-0.2, -0.15) is 0 Å². The molecule has 4 rings (SSSR count). The van der Waals surface area contributed by atoms with Gasteiger partial charge >= 0.3 is 0 Å². The van der Waals surface area contributed by atoms with Gasteiger partial charge in [0.05, 0.1) is 0 Å². The van der Waals surface area contributed by atoms with Crippen molar-refractivity contribution in [1.29, 1.82) is 0 Å². The Kier molecular flexibility index (Phi) is 4.76. The Balaban J connectivity index is 1.50.